The number of rotatable bonds is 2. The number of hydrogen-bond donors (Lipinski definition) is 2. The van der Waals surface area contributed by atoms with Gasteiger partial charge in [-0.25, -0.2) is 9.97 Å². The fourth-order valence-electron chi connectivity index (χ4n) is 1.29. The molecule has 0 atom stereocenters. The predicted octanol–water partition coefficient (Wildman–Crippen LogP) is 1.70. The van der Waals surface area contributed by atoms with Gasteiger partial charge in [-0.05, 0) is 32.0 Å². The second kappa shape index (κ2) is 3.47. The Morgan fingerprint density at radius 2 is 2.13 bits per heavy atom. The van der Waals surface area contributed by atoms with Crippen molar-refractivity contribution in [3.63, 3.8) is 0 Å². The van der Waals surface area contributed by atoms with Crippen molar-refractivity contribution >= 4 is 0 Å². The quantitative estimate of drug-likeness (QED) is 0.780. The van der Waals surface area contributed by atoms with Gasteiger partial charge in [0.25, 0.3) is 0 Å². The summed E-state index contributed by atoms with van der Waals surface area (Å²) in [6.45, 7) is 3.33. The van der Waals surface area contributed by atoms with Crippen LogP contribution < -0.4 is 0 Å². The second-order valence-electron chi connectivity index (χ2n) is 3.91. The summed E-state index contributed by atoms with van der Waals surface area (Å²) in [5.41, 5.74) is 0.692. The Morgan fingerprint density at radius 3 is 2.73 bits per heavy atom. The van der Waals surface area contributed by atoms with Gasteiger partial charge in [0.1, 0.15) is 5.60 Å². The molecule has 0 saturated heterocycles. The standard InChI is InChI=1S/C11H13N3O/c1-11(2,15)10-13-7-5-9(14-10)8-4-3-6-12-8/h3-7,12,15H,1-2H3. The number of aliphatic hydroxyl groups is 1. The lowest BCUT2D eigenvalue weighted by atomic mass is 10.1. The van der Waals surface area contributed by atoms with Crippen LogP contribution >= 0.6 is 0 Å². The summed E-state index contributed by atoms with van der Waals surface area (Å²) < 4.78 is 0. The molecule has 2 aromatic heterocycles. The molecule has 0 aromatic carbocycles. The maximum atomic E-state index is 9.78. The third-order valence-corrected chi connectivity index (χ3v) is 2.08. The number of aromatic amines is 1. The lowest BCUT2D eigenvalue weighted by Crippen LogP contribution is -2.19. The van der Waals surface area contributed by atoms with Gasteiger partial charge in [-0.15, -0.1) is 0 Å². The zero-order valence-corrected chi connectivity index (χ0v) is 8.73. The number of nitrogens with one attached hydrogen (secondary N) is 1. The molecular formula is C11H13N3O. The van der Waals surface area contributed by atoms with Crippen LogP contribution in [0.4, 0.5) is 0 Å². The molecule has 0 radical (unpaired) electrons. The molecule has 78 valence electrons. The summed E-state index contributed by atoms with van der Waals surface area (Å²) in [4.78, 5) is 11.4. The minimum atomic E-state index is -1.01. The Hall–Kier alpha value is -1.68. The molecule has 15 heavy (non-hydrogen) atoms. The van der Waals surface area contributed by atoms with E-state index in [9.17, 15) is 5.11 Å². The fraction of sp³-hybridized carbons (Fsp3) is 0.273. The molecule has 0 fully saturated rings. The molecule has 2 heterocycles. The van der Waals surface area contributed by atoms with Gasteiger partial charge in [0, 0.05) is 12.4 Å². The van der Waals surface area contributed by atoms with E-state index in [-0.39, 0.29) is 0 Å². The Kier molecular flexibility index (Phi) is 2.28. The van der Waals surface area contributed by atoms with E-state index >= 15 is 0 Å². The van der Waals surface area contributed by atoms with Gasteiger partial charge < -0.3 is 10.1 Å². The SMILES string of the molecule is CC(C)(O)c1nccc(-c2ccc[nH]2)n1. The molecule has 2 rings (SSSR count). The molecule has 4 heteroatoms. The molecule has 2 N–H and O–H groups in total. The minimum Gasteiger partial charge on any atom is -0.382 e. The first kappa shape index (κ1) is 9.86. The zero-order chi connectivity index (χ0) is 10.9. The topological polar surface area (TPSA) is 61.8 Å². The Labute approximate surface area is 88.0 Å². The van der Waals surface area contributed by atoms with E-state index in [1.165, 1.54) is 0 Å². The van der Waals surface area contributed by atoms with E-state index in [1.54, 1.807) is 26.1 Å². The van der Waals surface area contributed by atoms with Crippen LogP contribution in [0.15, 0.2) is 30.6 Å². The summed E-state index contributed by atoms with van der Waals surface area (Å²) in [6, 6.07) is 5.64. The van der Waals surface area contributed by atoms with Gasteiger partial charge in [-0.2, -0.15) is 0 Å². The summed E-state index contributed by atoms with van der Waals surface area (Å²) >= 11 is 0. The third-order valence-electron chi connectivity index (χ3n) is 2.08. The maximum absolute atomic E-state index is 9.78. The smallest absolute Gasteiger partial charge is 0.160 e. The Balaban J connectivity index is 2.44. The molecule has 0 amide bonds. The number of aromatic nitrogens is 3. The van der Waals surface area contributed by atoms with E-state index in [1.807, 2.05) is 18.3 Å². The summed E-state index contributed by atoms with van der Waals surface area (Å²) in [5, 5.41) is 9.78. The summed E-state index contributed by atoms with van der Waals surface area (Å²) in [5.74, 6) is 0.426. The molecule has 0 saturated carbocycles. The van der Waals surface area contributed by atoms with E-state index < -0.39 is 5.60 Å². The molecular weight excluding hydrogens is 190 g/mol. The van der Waals surface area contributed by atoms with Gasteiger partial charge in [0.15, 0.2) is 5.82 Å². The van der Waals surface area contributed by atoms with Crippen molar-refractivity contribution in [3.8, 4) is 11.4 Å². The van der Waals surface area contributed by atoms with Crippen LogP contribution in [0.2, 0.25) is 0 Å². The summed E-state index contributed by atoms with van der Waals surface area (Å²) in [7, 11) is 0. The molecule has 0 aliphatic heterocycles. The van der Waals surface area contributed by atoms with E-state index in [0.717, 1.165) is 11.4 Å². The van der Waals surface area contributed by atoms with E-state index in [0.29, 0.717) is 5.82 Å². The van der Waals surface area contributed by atoms with Gasteiger partial charge in [0.2, 0.25) is 0 Å². The van der Waals surface area contributed by atoms with Crippen molar-refractivity contribution in [2.45, 2.75) is 19.4 Å². The van der Waals surface area contributed by atoms with Crippen LogP contribution in [-0.2, 0) is 5.60 Å². The number of H-pyrrole nitrogens is 1. The van der Waals surface area contributed by atoms with Crippen LogP contribution in [0, 0.1) is 0 Å². The van der Waals surface area contributed by atoms with E-state index in [2.05, 4.69) is 15.0 Å². The van der Waals surface area contributed by atoms with Crippen molar-refractivity contribution in [3.05, 3.63) is 36.4 Å². The van der Waals surface area contributed by atoms with Gasteiger partial charge in [-0.1, -0.05) is 0 Å². The van der Waals surface area contributed by atoms with Gasteiger partial charge >= 0.3 is 0 Å². The van der Waals surface area contributed by atoms with Crippen molar-refractivity contribution < 1.29 is 5.11 Å². The monoisotopic (exact) mass is 203 g/mol. The van der Waals surface area contributed by atoms with Crippen molar-refractivity contribution in [1.29, 1.82) is 0 Å². The fourth-order valence-corrected chi connectivity index (χ4v) is 1.29. The number of nitrogens with zero attached hydrogens (tertiary/aromatic N) is 2. The molecule has 2 aromatic rings. The Morgan fingerprint density at radius 1 is 1.33 bits per heavy atom. The lowest BCUT2D eigenvalue weighted by Gasteiger charge is -2.15. The first-order valence-electron chi connectivity index (χ1n) is 4.77. The Bertz CT molecular complexity index is 443. The average Bonchev–Trinajstić information content (AvgIpc) is 2.69. The highest BCUT2D eigenvalue weighted by molar-refractivity contribution is 5.53. The third kappa shape index (κ3) is 2.05. The van der Waals surface area contributed by atoms with Gasteiger partial charge in [-0.3, -0.25) is 0 Å². The van der Waals surface area contributed by atoms with Crippen LogP contribution in [0.5, 0.6) is 0 Å². The van der Waals surface area contributed by atoms with Gasteiger partial charge in [0.05, 0.1) is 11.4 Å². The first-order chi connectivity index (χ1) is 7.07. The minimum absolute atomic E-state index is 0.426. The zero-order valence-electron chi connectivity index (χ0n) is 8.73. The molecule has 0 bridgehead atoms. The lowest BCUT2D eigenvalue weighted by molar-refractivity contribution is 0.0688. The highest BCUT2D eigenvalue weighted by Crippen LogP contribution is 2.19. The van der Waals surface area contributed by atoms with Crippen LogP contribution in [0.25, 0.3) is 11.4 Å². The normalized spacial score (nSPS) is 11.7. The van der Waals surface area contributed by atoms with Crippen LogP contribution in [0.3, 0.4) is 0 Å². The molecule has 0 unspecified atom stereocenters. The molecule has 0 aliphatic rings. The van der Waals surface area contributed by atoms with Crippen LogP contribution in [0.1, 0.15) is 19.7 Å². The first-order valence-corrected chi connectivity index (χ1v) is 4.77. The van der Waals surface area contributed by atoms with Crippen molar-refractivity contribution in [2.75, 3.05) is 0 Å². The van der Waals surface area contributed by atoms with E-state index in [4.69, 9.17) is 0 Å². The maximum Gasteiger partial charge on any atom is 0.160 e. The molecule has 0 spiro atoms. The summed E-state index contributed by atoms with van der Waals surface area (Å²) in [6.07, 6.45) is 3.48. The highest BCUT2D eigenvalue weighted by atomic mass is 16.3. The molecule has 4 nitrogen and oxygen atoms in total. The largest absolute Gasteiger partial charge is 0.382 e. The van der Waals surface area contributed by atoms with Crippen LogP contribution in [-0.4, -0.2) is 20.1 Å². The second-order valence-corrected chi connectivity index (χ2v) is 3.91. The predicted molar refractivity (Wildman–Crippen MR) is 57.1 cm³/mol. The van der Waals surface area contributed by atoms with Crippen molar-refractivity contribution in [1.82, 2.24) is 15.0 Å². The molecule has 0 aliphatic carbocycles. The average molecular weight is 203 g/mol. The number of hydrogen-bond acceptors (Lipinski definition) is 3. The highest BCUT2D eigenvalue weighted by Gasteiger charge is 2.19. The van der Waals surface area contributed by atoms with Crippen molar-refractivity contribution in [2.24, 2.45) is 0 Å².